The summed E-state index contributed by atoms with van der Waals surface area (Å²) >= 11 is 5.89. The van der Waals surface area contributed by atoms with E-state index in [2.05, 4.69) is 44.2 Å². The summed E-state index contributed by atoms with van der Waals surface area (Å²) < 4.78 is 2.05. The second-order valence-electron chi connectivity index (χ2n) is 5.04. The molecule has 2 aromatic rings. The number of halogens is 2. The number of hydrogen-bond acceptors (Lipinski definition) is 3. The van der Waals surface area contributed by atoms with E-state index < -0.39 is 0 Å². The molecule has 0 fully saturated rings. The van der Waals surface area contributed by atoms with Crippen molar-refractivity contribution in [1.82, 2.24) is 25.4 Å². The van der Waals surface area contributed by atoms with E-state index in [0.29, 0.717) is 6.54 Å². The molecule has 8 heteroatoms. The molecule has 1 aromatic heterocycles. The lowest BCUT2D eigenvalue weighted by Gasteiger charge is -2.12. The van der Waals surface area contributed by atoms with E-state index in [0.717, 1.165) is 48.4 Å². The van der Waals surface area contributed by atoms with Crippen molar-refractivity contribution in [1.29, 1.82) is 0 Å². The number of hydrogen-bond donors (Lipinski definition) is 2. The van der Waals surface area contributed by atoms with E-state index in [1.54, 1.807) is 6.33 Å². The Hall–Kier alpha value is -1.35. The van der Waals surface area contributed by atoms with Gasteiger partial charge >= 0.3 is 0 Å². The van der Waals surface area contributed by atoms with Crippen LogP contribution in [0.3, 0.4) is 0 Å². The number of nitrogens with one attached hydrogen (secondary N) is 2. The van der Waals surface area contributed by atoms with Crippen LogP contribution in [0.25, 0.3) is 0 Å². The summed E-state index contributed by atoms with van der Waals surface area (Å²) in [5, 5.41) is 15.3. The molecular formula is C16H24ClIN6. The minimum absolute atomic E-state index is 0. The molecule has 6 nitrogen and oxygen atoms in total. The van der Waals surface area contributed by atoms with E-state index in [-0.39, 0.29) is 24.0 Å². The van der Waals surface area contributed by atoms with E-state index in [1.165, 1.54) is 0 Å². The summed E-state index contributed by atoms with van der Waals surface area (Å²) in [5.74, 6) is 1.79. The van der Waals surface area contributed by atoms with Crippen molar-refractivity contribution in [3.63, 3.8) is 0 Å². The van der Waals surface area contributed by atoms with Crippen molar-refractivity contribution in [2.24, 2.45) is 4.99 Å². The molecule has 0 bridgehead atoms. The van der Waals surface area contributed by atoms with Crippen LogP contribution in [-0.2, 0) is 19.5 Å². The van der Waals surface area contributed by atoms with Gasteiger partial charge in [-0.3, -0.25) is 0 Å². The average molecular weight is 463 g/mol. The molecule has 2 N–H and O–H groups in total. The van der Waals surface area contributed by atoms with E-state index >= 15 is 0 Å². The van der Waals surface area contributed by atoms with Gasteiger partial charge in [-0.15, -0.1) is 34.2 Å². The van der Waals surface area contributed by atoms with E-state index in [4.69, 9.17) is 11.6 Å². The Kier molecular flexibility index (Phi) is 9.70. The van der Waals surface area contributed by atoms with E-state index in [9.17, 15) is 0 Å². The van der Waals surface area contributed by atoms with Crippen LogP contribution in [0, 0.1) is 0 Å². The van der Waals surface area contributed by atoms with Gasteiger partial charge in [0.05, 0.1) is 6.54 Å². The summed E-state index contributed by atoms with van der Waals surface area (Å²) in [7, 11) is 0. The fourth-order valence-electron chi connectivity index (χ4n) is 2.14. The molecule has 1 aromatic carbocycles. The zero-order valence-corrected chi connectivity index (χ0v) is 17.1. The van der Waals surface area contributed by atoms with Crippen LogP contribution in [0.1, 0.15) is 25.2 Å². The monoisotopic (exact) mass is 462 g/mol. The van der Waals surface area contributed by atoms with Crippen LogP contribution < -0.4 is 10.6 Å². The maximum absolute atomic E-state index is 5.89. The van der Waals surface area contributed by atoms with Crippen LogP contribution in [0.4, 0.5) is 0 Å². The first-order chi connectivity index (χ1) is 11.2. The maximum atomic E-state index is 5.89. The molecule has 0 aliphatic heterocycles. The molecule has 0 spiro atoms. The van der Waals surface area contributed by atoms with Gasteiger partial charge in [0.2, 0.25) is 0 Å². The molecule has 0 amide bonds. The van der Waals surface area contributed by atoms with Gasteiger partial charge < -0.3 is 15.2 Å². The quantitative estimate of drug-likeness (QED) is 0.377. The van der Waals surface area contributed by atoms with Gasteiger partial charge in [0.1, 0.15) is 12.2 Å². The lowest BCUT2D eigenvalue weighted by Crippen LogP contribution is -2.38. The SMILES string of the molecule is CCNC(=NCc1ccc(Cl)cc1)NCCn1cnnc1CC.I. The molecule has 0 aliphatic rings. The minimum atomic E-state index is 0. The first kappa shape index (κ1) is 20.7. The Labute approximate surface area is 165 Å². The van der Waals surface area contributed by atoms with Crippen molar-refractivity contribution < 1.29 is 0 Å². The predicted octanol–water partition coefficient (Wildman–Crippen LogP) is 2.87. The number of aromatic nitrogens is 3. The Morgan fingerprint density at radius 1 is 1.21 bits per heavy atom. The van der Waals surface area contributed by atoms with Crippen LogP contribution in [0.15, 0.2) is 35.6 Å². The number of benzene rings is 1. The average Bonchev–Trinajstić information content (AvgIpc) is 3.01. The van der Waals surface area contributed by atoms with Crippen LogP contribution in [-0.4, -0.2) is 33.8 Å². The molecule has 2 rings (SSSR count). The molecule has 0 atom stereocenters. The number of rotatable bonds is 7. The zero-order valence-electron chi connectivity index (χ0n) is 14.0. The second kappa shape index (κ2) is 11.2. The largest absolute Gasteiger partial charge is 0.357 e. The summed E-state index contributed by atoms with van der Waals surface area (Å²) in [6.45, 7) is 7.12. The van der Waals surface area contributed by atoms with Gasteiger partial charge in [-0.05, 0) is 24.6 Å². The first-order valence-corrected chi connectivity index (χ1v) is 8.24. The molecule has 0 radical (unpaired) electrons. The highest BCUT2D eigenvalue weighted by atomic mass is 127. The smallest absolute Gasteiger partial charge is 0.191 e. The lowest BCUT2D eigenvalue weighted by atomic mass is 10.2. The molecule has 132 valence electrons. The van der Waals surface area contributed by atoms with Crippen LogP contribution in [0.5, 0.6) is 0 Å². The van der Waals surface area contributed by atoms with Crippen molar-refractivity contribution in [3.05, 3.63) is 47.0 Å². The van der Waals surface area contributed by atoms with E-state index in [1.807, 2.05) is 24.3 Å². The number of aryl methyl sites for hydroxylation is 1. The fraction of sp³-hybridized carbons (Fsp3) is 0.438. The summed E-state index contributed by atoms with van der Waals surface area (Å²) in [6, 6.07) is 7.73. The third kappa shape index (κ3) is 6.64. The van der Waals surface area contributed by atoms with Gasteiger partial charge in [-0.2, -0.15) is 0 Å². The normalized spacial score (nSPS) is 11.0. The van der Waals surface area contributed by atoms with Crippen molar-refractivity contribution in [2.45, 2.75) is 33.4 Å². The van der Waals surface area contributed by atoms with Gasteiger partial charge in [-0.25, -0.2) is 4.99 Å². The number of nitrogens with zero attached hydrogens (tertiary/aromatic N) is 4. The van der Waals surface area contributed by atoms with Crippen molar-refractivity contribution in [3.8, 4) is 0 Å². The standard InChI is InChI=1S/C16H23ClN6.HI/c1-3-15-22-21-12-23(15)10-9-19-16(18-4-2)20-11-13-5-7-14(17)8-6-13;/h5-8,12H,3-4,9-11H2,1-2H3,(H2,18,19,20);1H. The van der Waals surface area contributed by atoms with Gasteiger partial charge in [0.15, 0.2) is 5.96 Å². The van der Waals surface area contributed by atoms with Gasteiger partial charge in [-0.1, -0.05) is 30.7 Å². The highest BCUT2D eigenvalue weighted by Gasteiger charge is 2.02. The fourth-order valence-corrected chi connectivity index (χ4v) is 2.26. The minimum Gasteiger partial charge on any atom is -0.357 e. The zero-order chi connectivity index (χ0) is 16.5. The second-order valence-corrected chi connectivity index (χ2v) is 5.48. The maximum Gasteiger partial charge on any atom is 0.191 e. The first-order valence-electron chi connectivity index (χ1n) is 7.86. The third-order valence-corrected chi connectivity index (χ3v) is 3.59. The van der Waals surface area contributed by atoms with Crippen LogP contribution in [0.2, 0.25) is 5.02 Å². The molecule has 24 heavy (non-hydrogen) atoms. The Morgan fingerprint density at radius 3 is 2.62 bits per heavy atom. The molecule has 0 saturated carbocycles. The molecule has 0 aliphatic carbocycles. The number of aliphatic imine (C=N–C) groups is 1. The molecule has 0 unspecified atom stereocenters. The lowest BCUT2D eigenvalue weighted by molar-refractivity contribution is 0.632. The molecule has 1 heterocycles. The molecule has 0 saturated heterocycles. The molecular weight excluding hydrogens is 439 g/mol. The summed E-state index contributed by atoms with van der Waals surface area (Å²) in [6.07, 6.45) is 2.64. The predicted molar refractivity (Wildman–Crippen MR) is 109 cm³/mol. The Balaban J connectivity index is 0.00000288. The Bertz CT molecular complexity index is 626. The van der Waals surface area contributed by atoms with Gasteiger partial charge in [0, 0.05) is 31.1 Å². The van der Waals surface area contributed by atoms with Crippen molar-refractivity contribution >= 4 is 41.5 Å². The number of guanidine groups is 1. The highest BCUT2D eigenvalue weighted by molar-refractivity contribution is 14.0. The van der Waals surface area contributed by atoms with Crippen LogP contribution >= 0.6 is 35.6 Å². The van der Waals surface area contributed by atoms with Gasteiger partial charge in [0.25, 0.3) is 0 Å². The summed E-state index contributed by atoms with van der Waals surface area (Å²) in [5.41, 5.74) is 1.12. The third-order valence-electron chi connectivity index (χ3n) is 3.33. The Morgan fingerprint density at radius 2 is 1.96 bits per heavy atom. The highest BCUT2D eigenvalue weighted by Crippen LogP contribution is 2.10. The topological polar surface area (TPSA) is 67.1 Å². The van der Waals surface area contributed by atoms with Crippen molar-refractivity contribution in [2.75, 3.05) is 13.1 Å². The summed E-state index contributed by atoms with van der Waals surface area (Å²) in [4.78, 5) is 4.59.